The van der Waals surface area contributed by atoms with Gasteiger partial charge in [-0.05, 0) is 25.2 Å². The standard InChI is InChI=1S/C6H7N3O3.C3H8O/c10-9(11)5-4-8-2-1-3-12-6(8)7-5;1-3(2)4/h4H,1-3H2;3-4H,1-2H3. The molecule has 1 N–H and O–H groups in total. The van der Waals surface area contributed by atoms with Crippen molar-refractivity contribution in [2.75, 3.05) is 6.61 Å². The summed E-state index contributed by atoms with van der Waals surface area (Å²) in [5, 5.41) is 18.3. The highest BCUT2D eigenvalue weighted by molar-refractivity contribution is 5.20. The van der Waals surface area contributed by atoms with Gasteiger partial charge in [-0.2, -0.15) is 0 Å². The molecule has 90 valence electrons. The van der Waals surface area contributed by atoms with E-state index in [2.05, 4.69) is 4.98 Å². The molecule has 16 heavy (non-hydrogen) atoms. The molecule has 7 heteroatoms. The highest BCUT2D eigenvalue weighted by Gasteiger charge is 2.22. The minimum Gasteiger partial charge on any atom is -0.446 e. The zero-order valence-electron chi connectivity index (χ0n) is 9.29. The third-order valence-corrected chi connectivity index (χ3v) is 1.69. The summed E-state index contributed by atoms with van der Waals surface area (Å²) in [6.45, 7) is 4.78. The van der Waals surface area contributed by atoms with E-state index in [1.807, 2.05) is 0 Å². The van der Waals surface area contributed by atoms with E-state index >= 15 is 0 Å². The number of fused-ring (bicyclic) bond motifs is 1. The number of rotatable bonds is 1. The Morgan fingerprint density at radius 2 is 2.31 bits per heavy atom. The van der Waals surface area contributed by atoms with Crippen LogP contribution >= 0.6 is 0 Å². The molecule has 2 heterocycles. The zero-order chi connectivity index (χ0) is 12.1. The summed E-state index contributed by atoms with van der Waals surface area (Å²) < 4.78 is 6.76. The van der Waals surface area contributed by atoms with Gasteiger partial charge in [0, 0.05) is 17.6 Å². The van der Waals surface area contributed by atoms with Crippen molar-refractivity contribution in [1.82, 2.24) is 9.55 Å². The molecule has 7 nitrogen and oxygen atoms in total. The Hall–Kier alpha value is -1.63. The molecule has 0 aliphatic carbocycles. The number of nitro groups is 1. The number of aryl methyl sites for hydroxylation is 1. The molecule has 1 aliphatic rings. The molecule has 0 unspecified atom stereocenters. The van der Waals surface area contributed by atoms with Crippen molar-refractivity contribution in [3.8, 4) is 6.01 Å². The largest absolute Gasteiger partial charge is 0.446 e. The third-order valence-electron chi connectivity index (χ3n) is 1.69. The summed E-state index contributed by atoms with van der Waals surface area (Å²) in [5.74, 6) is -0.146. The number of nitrogens with zero attached hydrogens (tertiary/aromatic N) is 3. The molecule has 1 aromatic heterocycles. The first kappa shape index (κ1) is 12.4. The van der Waals surface area contributed by atoms with E-state index in [4.69, 9.17) is 9.84 Å². The average Bonchev–Trinajstić information content (AvgIpc) is 2.59. The highest BCUT2D eigenvalue weighted by atomic mass is 16.6. The van der Waals surface area contributed by atoms with Crippen molar-refractivity contribution in [3.05, 3.63) is 16.3 Å². The predicted octanol–water partition coefficient (Wildman–Crippen LogP) is 0.961. The van der Waals surface area contributed by atoms with Gasteiger partial charge in [-0.15, -0.1) is 0 Å². The second-order valence-electron chi connectivity index (χ2n) is 3.63. The molecule has 0 bridgehead atoms. The van der Waals surface area contributed by atoms with Gasteiger partial charge in [0.2, 0.25) is 0 Å². The SMILES string of the molecule is CC(C)O.O=[N+]([O-])c1cn2c(n1)OCCC2. The smallest absolute Gasteiger partial charge is 0.414 e. The van der Waals surface area contributed by atoms with Gasteiger partial charge in [0.15, 0.2) is 0 Å². The molecule has 0 amide bonds. The van der Waals surface area contributed by atoms with Crippen LogP contribution in [-0.2, 0) is 6.54 Å². The molecular formula is C9H15N3O4. The Kier molecular flexibility index (Phi) is 4.24. The lowest BCUT2D eigenvalue weighted by atomic mass is 10.4. The van der Waals surface area contributed by atoms with E-state index in [1.54, 1.807) is 18.4 Å². The van der Waals surface area contributed by atoms with Crippen molar-refractivity contribution in [1.29, 1.82) is 0 Å². The fraction of sp³-hybridized carbons (Fsp3) is 0.667. The van der Waals surface area contributed by atoms with Gasteiger partial charge in [-0.25, -0.2) is 0 Å². The van der Waals surface area contributed by atoms with Crippen LogP contribution in [0.5, 0.6) is 6.01 Å². The van der Waals surface area contributed by atoms with Crippen LogP contribution < -0.4 is 4.74 Å². The second-order valence-corrected chi connectivity index (χ2v) is 3.63. The normalized spacial score (nSPS) is 13.5. The van der Waals surface area contributed by atoms with Gasteiger partial charge in [0.25, 0.3) is 0 Å². The van der Waals surface area contributed by atoms with Crippen molar-refractivity contribution in [2.24, 2.45) is 0 Å². The lowest BCUT2D eigenvalue weighted by molar-refractivity contribution is -0.389. The molecule has 0 radical (unpaired) electrons. The Bertz CT molecular complexity index is 335. The van der Waals surface area contributed by atoms with Crippen molar-refractivity contribution in [3.63, 3.8) is 0 Å². The Balaban J connectivity index is 0.000000280. The van der Waals surface area contributed by atoms with Gasteiger partial charge < -0.3 is 20.0 Å². The summed E-state index contributed by atoms with van der Waals surface area (Å²) in [7, 11) is 0. The van der Waals surface area contributed by atoms with E-state index < -0.39 is 4.92 Å². The van der Waals surface area contributed by atoms with E-state index in [1.165, 1.54) is 6.20 Å². The molecule has 0 fully saturated rings. The van der Waals surface area contributed by atoms with Crippen LogP contribution in [0.1, 0.15) is 20.3 Å². The highest BCUT2D eigenvalue weighted by Crippen LogP contribution is 2.20. The molecule has 1 aromatic rings. The van der Waals surface area contributed by atoms with Gasteiger partial charge in [-0.1, -0.05) is 0 Å². The van der Waals surface area contributed by atoms with Crippen molar-refractivity contribution < 1.29 is 14.8 Å². The first-order valence-corrected chi connectivity index (χ1v) is 5.03. The van der Waals surface area contributed by atoms with Gasteiger partial charge in [0.05, 0.1) is 6.61 Å². The van der Waals surface area contributed by atoms with Crippen LogP contribution in [0.15, 0.2) is 6.20 Å². The molecule has 1 aliphatic heterocycles. The monoisotopic (exact) mass is 229 g/mol. The maximum Gasteiger partial charge on any atom is 0.414 e. The first-order valence-electron chi connectivity index (χ1n) is 5.03. The number of aliphatic hydroxyl groups excluding tert-OH is 1. The number of hydrogen-bond acceptors (Lipinski definition) is 5. The van der Waals surface area contributed by atoms with Crippen LogP contribution in [0.4, 0.5) is 5.82 Å². The second kappa shape index (κ2) is 5.45. The van der Waals surface area contributed by atoms with Crippen LogP contribution in [0.25, 0.3) is 0 Å². The lowest BCUT2D eigenvalue weighted by Crippen LogP contribution is -2.13. The summed E-state index contributed by atoms with van der Waals surface area (Å²) in [6.07, 6.45) is 2.11. The van der Waals surface area contributed by atoms with Crippen LogP contribution in [-0.4, -0.2) is 32.3 Å². The van der Waals surface area contributed by atoms with E-state index in [-0.39, 0.29) is 11.9 Å². The Labute approximate surface area is 92.8 Å². The molecule has 2 rings (SSSR count). The fourth-order valence-electron chi connectivity index (χ4n) is 1.15. The zero-order valence-corrected chi connectivity index (χ0v) is 9.29. The van der Waals surface area contributed by atoms with Crippen LogP contribution in [0.3, 0.4) is 0 Å². The van der Waals surface area contributed by atoms with Gasteiger partial charge >= 0.3 is 11.8 Å². The summed E-state index contributed by atoms with van der Waals surface area (Å²) in [4.78, 5) is 13.5. The number of aromatic nitrogens is 2. The van der Waals surface area contributed by atoms with Crippen molar-refractivity contribution in [2.45, 2.75) is 32.9 Å². The van der Waals surface area contributed by atoms with Gasteiger partial charge in [-0.3, -0.25) is 4.57 Å². The topological polar surface area (TPSA) is 90.4 Å². The number of aliphatic hydroxyl groups is 1. The Morgan fingerprint density at radius 1 is 1.69 bits per heavy atom. The molecule has 0 atom stereocenters. The summed E-state index contributed by atoms with van der Waals surface area (Å²) >= 11 is 0. The van der Waals surface area contributed by atoms with Crippen molar-refractivity contribution >= 4 is 5.82 Å². The number of imidazole rings is 1. The van der Waals surface area contributed by atoms with Gasteiger partial charge in [0.1, 0.15) is 6.20 Å². The maximum atomic E-state index is 10.3. The Morgan fingerprint density at radius 3 is 2.81 bits per heavy atom. The molecule has 0 spiro atoms. The third kappa shape index (κ3) is 3.50. The number of ether oxygens (including phenoxy) is 1. The van der Waals surface area contributed by atoms with E-state index in [0.29, 0.717) is 12.6 Å². The maximum absolute atomic E-state index is 10.3. The average molecular weight is 229 g/mol. The summed E-state index contributed by atoms with van der Waals surface area (Å²) in [5.41, 5.74) is 0. The molecule has 0 aromatic carbocycles. The fourth-order valence-corrected chi connectivity index (χ4v) is 1.15. The van der Waals surface area contributed by atoms with Crippen LogP contribution in [0, 0.1) is 10.1 Å². The van der Waals surface area contributed by atoms with E-state index in [0.717, 1.165) is 13.0 Å². The minimum absolute atomic E-state index is 0.146. The van der Waals surface area contributed by atoms with E-state index in [9.17, 15) is 10.1 Å². The number of hydrogen-bond donors (Lipinski definition) is 1. The quantitative estimate of drug-likeness (QED) is 0.572. The molecular weight excluding hydrogens is 214 g/mol. The summed E-state index contributed by atoms with van der Waals surface area (Å²) in [6, 6.07) is 0.355. The predicted molar refractivity (Wildman–Crippen MR) is 56.3 cm³/mol. The minimum atomic E-state index is -0.519. The lowest BCUT2D eigenvalue weighted by Gasteiger charge is -2.09. The van der Waals surface area contributed by atoms with Crippen LogP contribution in [0.2, 0.25) is 0 Å². The molecule has 0 saturated heterocycles. The first-order chi connectivity index (χ1) is 7.50. The molecule has 0 saturated carbocycles.